The second-order valence-electron chi connectivity index (χ2n) is 7.69. The number of aryl methyl sites for hydroxylation is 3. The van der Waals surface area contributed by atoms with Gasteiger partial charge in [0, 0.05) is 12.6 Å². The molecular weight excluding hydrogens is 416 g/mol. The van der Waals surface area contributed by atoms with Crippen LogP contribution in [0.3, 0.4) is 0 Å². The molecule has 0 atom stereocenters. The van der Waals surface area contributed by atoms with Crippen LogP contribution < -0.4 is 4.31 Å². The van der Waals surface area contributed by atoms with Crippen molar-refractivity contribution in [2.75, 3.05) is 24.2 Å². The van der Waals surface area contributed by atoms with Gasteiger partial charge in [0.2, 0.25) is 27.6 Å². The minimum absolute atomic E-state index is 0.0715. The van der Waals surface area contributed by atoms with E-state index < -0.39 is 10.0 Å². The molecule has 0 N–H and O–H groups in total. The third kappa shape index (κ3) is 5.49. The Kier molecular flexibility index (Phi) is 6.45. The van der Waals surface area contributed by atoms with Crippen molar-refractivity contribution in [1.29, 1.82) is 0 Å². The molecule has 164 valence electrons. The molecule has 1 heterocycles. The Morgan fingerprint density at radius 2 is 1.77 bits per heavy atom. The Morgan fingerprint density at radius 1 is 1.06 bits per heavy atom. The van der Waals surface area contributed by atoms with Gasteiger partial charge in [-0.15, -0.1) is 0 Å². The van der Waals surface area contributed by atoms with E-state index in [9.17, 15) is 13.2 Å². The molecule has 0 unspecified atom stereocenters. The van der Waals surface area contributed by atoms with E-state index in [1.165, 1.54) is 4.90 Å². The molecule has 1 aromatic heterocycles. The van der Waals surface area contributed by atoms with Gasteiger partial charge in [-0.3, -0.25) is 9.10 Å². The van der Waals surface area contributed by atoms with Gasteiger partial charge in [-0.25, -0.2) is 8.42 Å². The van der Waals surface area contributed by atoms with E-state index in [0.717, 1.165) is 32.8 Å². The van der Waals surface area contributed by atoms with Crippen LogP contribution in [0.1, 0.15) is 22.6 Å². The van der Waals surface area contributed by atoms with Gasteiger partial charge < -0.3 is 9.42 Å². The van der Waals surface area contributed by atoms with Gasteiger partial charge >= 0.3 is 0 Å². The van der Waals surface area contributed by atoms with Crippen LogP contribution in [0.4, 0.5) is 5.69 Å². The summed E-state index contributed by atoms with van der Waals surface area (Å²) >= 11 is 0. The fourth-order valence-corrected chi connectivity index (χ4v) is 4.02. The number of hydrogen-bond donors (Lipinski definition) is 0. The molecule has 0 saturated carbocycles. The topological polar surface area (TPSA) is 96.6 Å². The summed E-state index contributed by atoms with van der Waals surface area (Å²) in [5.74, 6) is 0.319. The molecule has 0 aliphatic rings. The van der Waals surface area contributed by atoms with E-state index in [2.05, 4.69) is 10.1 Å². The summed E-state index contributed by atoms with van der Waals surface area (Å²) in [6.07, 6.45) is 1.09. The molecule has 8 nitrogen and oxygen atoms in total. The molecular formula is C22H26N4O4S. The van der Waals surface area contributed by atoms with Crippen molar-refractivity contribution in [1.82, 2.24) is 15.0 Å². The third-order valence-electron chi connectivity index (χ3n) is 4.86. The maximum Gasteiger partial charge on any atom is 0.246 e. The van der Waals surface area contributed by atoms with E-state index in [-0.39, 0.29) is 24.9 Å². The van der Waals surface area contributed by atoms with Crippen LogP contribution in [-0.4, -0.2) is 49.2 Å². The first-order valence-electron chi connectivity index (χ1n) is 9.73. The number of nitrogens with zero attached hydrogens (tertiary/aromatic N) is 4. The zero-order valence-corrected chi connectivity index (χ0v) is 19.1. The first kappa shape index (κ1) is 22.5. The predicted molar refractivity (Wildman–Crippen MR) is 119 cm³/mol. The summed E-state index contributed by atoms with van der Waals surface area (Å²) in [6.45, 7) is 5.41. The highest BCUT2D eigenvalue weighted by molar-refractivity contribution is 7.92. The summed E-state index contributed by atoms with van der Waals surface area (Å²) < 4.78 is 31.2. The molecule has 0 aliphatic carbocycles. The molecule has 9 heteroatoms. The van der Waals surface area contributed by atoms with Crippen LogP contribution >= 0.6 is 0 Å². The maximum atomic E-state index is 12.8. The molecule has 3 rings (SSSR count). The van der Waals surface area contributed by atoms with Crippen LogP contribution in [0.5, 0.6) is 0 Å². The normalized spacial score (nSPS) is 11.4. The second-order valence-corrected chi connectivity index (χ2v) is 9.60. The van der Waals surface area contributed by atoms with Crippen molar-refractivity contribution in [3.05, 3.63) is 65.0 Å². The zero-order chi connectivity index (χ0) is 22.8. The summed E-state index contributed by atoms with van der Waals surface area (Å²) in [5.41, 5.74) is 4.06. The highest BCUT2D eigenvalue weighted by atomic mass is 32.2. The number of amides is 1. The number of benzene rings is 2. The average Bonchev–Trinajstić information content (AvgIpc) is 3.15. The number of sulfonamides is 1. The molecule has 0 aliphatic heterocycles. The first-order valence-corrected chi connectivity index (χ1v) is 11.6. The van der Waals surface area contributed by atoms with E-state index in [1.54, 1.807) is 13.1 Å². The predicted octanol–water partition coefficient (Wildman–Crippen LogP) is 3.09. The Labute approximate surface area is 182 Å². The lowest BCUT2D eigenvalue weighted by Gasteiger charge is -2.26. The Balaban J connectivity index is 1.75. The van der Waals surface area contributed by atoms with Gasteiger partial charge in [-0.1, -0.05) is 41.1 Å². The molecule has 0 bridgehead atoms. The molecule has 0 spiro atoms. The van der Waals surface area contributed by atoms with Gasteiger partial charge in [-0.2, -0.15) is 4.98 Å². The first-order chi connectivity index (χ1) is 14.5. The fourth-order valence-electron chi connectivity index (χ4n) is 3.12. The van der Waals surface area contributed by atoms with Gasteiger partial charge in [0.05, 0.1) is 18.5 Å². The quantitative estimate of drug-likeness (QED) is 0.558. The Morgan fingerprint density at radius 3 is 2.45 bits per heavy atom. The minimum atomic E-state index is -3.66. The third-order valence-corrected chi connectivity index (χ3v) is 5.98. The van der Waals surface area contributed by atoms with E-state index >= 15 is 0 Å². The molecule has 0 saturated heterocycles. The van der Waals surface area contributed by atoms with Crippen molar-refractivity contribution >= 4 is 21.6 Å². The zero-order valence-electron chi connectivity index (χ0n) is 18.3. The Bertz CT molecular complexity index is 1200. The second kappa shape index (κ2) is 8.89. The summed E-state index contributed by atoms with van der Waals surface area (Å²) in [5, 5.41) is 3.98. The van der Waals surface area contributed by atoms with Crippen LogP contribution in [0, 0.1) is 20.8 Å². The van der Waals surface area contributed by atoms with Crippen molar-refractivity contribution < 1.29 is 17.7 Å². The van der Waals surface area contributed by atoms with Gasteiger partial charge in [0.25, 0.3) is 0 Å². The van der Waals surface area contributed by atoms with Crippen molar-refractivity contribution in [2.24, 2.45) is 0 Å². The minimum Gasteiger partial charge on any atom is -0.337 e. The van der Waals surface area contributed by atoms with Gasteiger partial charge in [0.15, 0.2) is 0 Å². The van der Waals surface area contributed by atoms with Crippen molar-refractivity contribution in [3.63, 3.8) is 0 Å². The van der Waals surface area contributed by atoms with Crippen LogP contribution in [-0.2, 0) is 21.4 Å². The number of carbonyl (C=O) groups excluding carboxylic acids is 1. The molecule has 3 aromatic rings. The number of hydrogen-bond acceptors (Lipinski definition) is 6. The number of likely N-dealkylation sites (N-methyl/N-ethyl adjacent to an activating group) is 1. The maximum absolute atomic E-state index is 12.8. The number of aromatic nitrogens is 2. The molecule has 0 fully saturated rings. The molecule has 0 radical (unpaired) electrons. The van der Waals surface area contributed by atoms with Crippen LogP contribution in [0.25, 0.3) is 11.4 Å². The highest BCUT2D eigenvalue weighted by Gasteiger charge is 2.25. The lowest BCUT2D eigenvalue weighted by Crippen LogP contribution is -2.41. The number of anilines is 1. The van der Waals surface area contributed by atoms with Crippen LogP contribution in [0.2, 0.25) is 0 Å². The number of rotatable bonds is 7. The largest absolute Gasteiger partial charge is 0.337 e. The molecule has 1 amide bonds. The SMILES string of the molecule is Cc1cccc(-c2noc(CN(C)C(=O)CN(c3cc(C)ccc3C)S(C)(=O)=O)n2)c1. The number of carbonyl (C=O) groups is 1. The van der Waals surface area contributed by atoms with Crippen molar-refractivity contribution in [3.8, 4) is 11.4 Å². The monoisotopic (exact) mass is 442 g/mol. The summed E-state index contributed by atoms with van der Waals surface area (Å²) in [6, 6.07) is 13.2. The summed E-state index contributed by atoms with van der Waals surface area (Å²) in [4.78, 5) is 18.5. The van der Waals surface area contributed by atoms with E-state index in [0.29, 0.717) is 11.5 Å². The molecule has 2 aromatic carbocycles. The lowest BCUT2D eigenvalue weighted by molar-refractivity contribution is -0.129. The fraction of sp³-hybridized carbons (Fsp3) is 0.318. The smallest absolute Gasteiger partial charge is 0.246 e. The summed E-state index contributed by atoms with van der Waals surface area (Å²) in [7, 11) is -2.09. The highest BCUT2D eigenvalue weighted by Crippen LogP contribution is 2.24. The molecule has 31 heavy (non-hydrogen) atoms. The van der Waals surface area contributed by atoms with E-state index in [4.69, 9.17) is 4.52 Å². The van der Waals surface area contributed by atoms with E-state index in [1.807, 2.05) is 57.2 Å². The van der Waals surface area contributed by atoms with Crippen LogP contribution in [0.15, 0.2) is 47.0 Å². The van der Waals surface area contributed by atoms with Gasteiger partial charge in [-0.05, 0) is 44.0 Å². The average molecular weight is 443 g/mol. The Hall–Kier alpha value is -3.20. The lowest BCUT2D eigenvalue weighted by atomic mass is 10.1. The van der Waals surface area contributed by atoms with Gasteiger partial charge in [0.1, 0.15) is 6.54 Å². The van der Waals surface area contributed by atoms with Crippen molar-refractivity contribution in [2.45, 2.75) is 27.3 Å². The standard InChI is InChI=1S/C22H26N4O4S/c1-15-7-6-8-18(11-15)22-23-20(30-24-22)13-25(4)21(27)14-26(31(5,28)29)19-12-16(2)9-10-17(19)3/h6-12H,13-14H2,1-5H3.